The molecule has 0 radical (unpaired) electrons. The Bertz CT molecular complexity index is 821. The van der Waals surface area contributed by atoms with Gasteiger partial charge in [0.25, 0.3) is 5.91 Å². The third kappa shape index (κ3) is 6.23. The molecular formula is C25H32ClNO3. The number of rotatable bonds is 7. The number of hydrogen-bond acceptors (Lipinski definition) is 3. The van der Waals surface area contributed by atoms with Crippen LogP contribution in [0.3, 0.4) is 0 Å². The zero-order valence-corrected chi connectivity index (χ0v) is 19.1. The first kappa shape index (κ1) is 22.6. The Labute approximate surface area is 185 Å². The summed E-state index contributed by atoms with van der Waals surface area (Å²) in [6.45, 7) is 10.2. The Hall–Kier alpha value is -2.04. The van der Waals surface area contributed by atoms with Gasteiger partial charge < -0.3 is 14.4 Å². The van der Waals surface area contributed by atoms with Gasteiger partial charge in [0.1, 0.15) is 5.75 Å². The quantitative estimate of drug-likeness (QED) is 0.574. The normalized spacial score (nSPS) is 17.6. The summed E-state index contributed by atoms with van der Waals surface area (Å²) in [6, 6.07) is 15.6. The average Bonchev–Trinajstić information content (AvgIpc) is 3.21. The highest BCUT2D eigenvalue weighted by Crippen LogP contribution is 2.25. The molecule has 1 aliphatic rings. The predicted octanol–water partition coefficient (Wildman–Crippen LogP) is 5.61. The molecule has 0 unspecified atom stereocenters. The molecule has 162 valence electrons. The summed E-state index contributed by atoms with van der Waals surface area (Å²) in [5.41, 5.74) is 2.35. The van der Waals surface area contributed by atoms with E-state index in [-0.39, 0.29) is 17.4 Å². The van der Waals surface area contributed by atoms with Gasteiger partial charge in [0.2, 0.25) is 0 Å². The first-order valence-corrected chi connectivity index (χ1v) is 11.0. The van der Waals surface area contributed by atoms with Gasteiger partial charge in [-0.2, -0.15) is 0 Å². The lowest BCUT2D eigenvalue weighted by molar-refractivity contribution is -0.140. The molecule has 2 aromatic rings. The first-order chi connectivity index (χ1) is 14.2. The van der Waals surface area contributed by atoms with E-state index in [4.69, 9.17) is 21.1 Å². The molecule has 30 heavy (non-hydrogen) atoms. The standard InChI is InChI=1S/C25H32ClNO3/c1-18(30-22-13-9-20(10-14-22)25(2,3)4)24(28)27(17-23-6-5-15-29-23)16-19-7-11-21(26)12-8-19/h7-14,18,23H,5-6,15-17H2,1-4H3/t18-,23-/m1/s1. The first-order valence-electron chi connectivity index (χ1n) is 10.6. The third-order valence-corrected chi connectivity index (χ3v) is 5.68. The summed E-state index contributed by atoms with van der Waals surface area (Å²) >= 11 is 6.01. The number of benzene rings is 2. The molecule has 0 spiro atoms. The molecule has 1 amide bonds. The minimum Gasteiger partial charge on any atom is -0.481 e. The van der Waals surface area contributed by atoms with E-state index in [1.807, 2.05) is 48.2 Å². The van der Waals surface area contributed by atoms with Gasteiger partial charge in [-0.15, -0.1) is 0 Å². The van der Waals surface area contributed by atoms with Crippen molar-refractivity contribution in [1.82, 2.24) is 4.90 Å². The molecule has 2 aromatic carbocycles. The molecule has 3 rings (SSSR count). The van der Waals surface area contributed by atoms with Crippen LogP contribution in [-0.2, 0) is 21.5 Å². The van der Waals surface area contributed by atoms with Gasteiger partial charge in [-0.1, -0.05) is 56.6 Å². The van der Waals surface area contributed by atoms with Gasteiger partial charge >= 0.3 is 0 Å². The molecule has 1 saturated heterocycles. The minimum absolute atomic E-state index is 0.0413. The second-order valence-electron chi connectivity index (χ2n) is 9.01. The van der Waals surface area contributed by atoms with Crippen LogP contribution in [0.5, 0.6) is 5.75 Å². The SMILES string of the molecule is C[C@@H](Oc1ccc(C(C)(C)C)cc1)C(=O)N(Cc1ccc(Cl)cc1)C[C@H]1CCCO1. The van der Waals surface area contributed by atoms with Crippen molar-refractivity contribution in [2.45, 2.75) is 64.7 Å². The minimum atomic E-state index is -0.584. The number of carbonyl (C=O) groups is 1. The van der Waals surface area contributed by atoms with E-state index in [0.29, 0.717) is 23.9 Å². The fraction of sp³-hybridized carbons (Fsp3) is 0.480. The maximum absolute atomic E-state index is 13.3. The van der Waals surface area contributed by atoms with Gasteiger partial charge in [-0.25, -0.2) is 0 Å². The zero-order chi connectivity index (χ0) is 21.7. The maximum atomic E-state index is 13.3. The number of carbonyl (C=O) groups excluding carboxylic acids is 1. The highest BCUT2D eigenvalue weighted by atomic mass is 35.5. The van der Waals surface area contributed by atoms with Crippen LogP contribution in [0, 0.1) is 0 Å². The Balaban J connectivity index is 1.69. The maximum Gasteiger partial charge on any atom is 0.263 e. The van der Waals surface area contributed by atoms with Gasteiger partial charge in [0.15, 0.2) is 6.10 Å². The lowest BCUT2D eigenvalue weighted by Gasteiger charge is -2.28. The molecule has 0 aromatic heterocycles. The van der Waals surface area contributed by atoms with Crippen LogP contribution < -0.4 is 4.74 Å². The van der Waals surface area contributed by atoms with Gasteiger partial charge in [-0.05, 0) is 60.6 Å². The number of nitrogens with zero attached hydrogens (tertiary/aromatic N) is 1. The molecule has 0 aliphatic carbocycles. The molecule has 2 atom stereocenters. The number of halogens is 1. The summed E-state index contributed by atoms with van der Waals surface area (Å²) in [5.74, 6) is 0.660. The van der Waals surface area contributed by atoms with E-state index in [2.05, 4.69) is 32.9 Å². The van der Waals surface area contributed by atoms with Crippen molar-refractivity contribution in [3.63, 3.8) is 0 Å². The summed E-state index contributed by atoms with van der Waals surface area (Å²) < 4.78 is 11.8. The number of hydrogen-bond donors (Lipinski definition) is 0. The van der Waals surface area contributed by atoms with Crippen molar-refractivity contribution in [3.8, 4) is 5.75 Å². The van der Waals surface area contributed by atoms with Crippen molar-refractivity contribution in [1.29, 1.82) is 0 Å². The lowest BCUT2D eigenvalue weighted by Crippen LogP contribution is -2.43. The van der Waals surface area contributed by atoms with Crippen LogP contribution >= 0.6 is 11.6 Å². The zero-order valence-electron chi connectivity index (χ0n) is 18.4. The second kappa shape index (κ2) is 9.84. The van der Waals surface area contributed by atoms with Crippen molar-refractivity contribution < 1.29 is 14.3 Å². The molecule has 0 bridgehead atoms. The van der Waals surface area contributed by atoms with E-state index < -0.39 is 6.10 Å². The van der Waals surface area contributed by atoms with Crippen LogP contribution in [0.15, 0.2) is 48.5 Å². The highest BCUT2D eigenvalue weighted by molar-refractivity contribution is 6.30. The molecule has 1 fully saturated rings. The monoisotopic (exact) mass is 429 g/mol. The topological polar surface area (TPSA) is 38.8 Å². The number of amides is 1. The summed E-state index contributed by atoms with van der Waals surface area (Å²) in [4.78, 5) is 15.1. The molecule has 0 N–H and O–H groups in total. The van der Waals surface area contributed by atoms with E-state index >= 15 is 0 Å². The van der Waals surface area contributed by atoms with Crippen LogP contribution in [0.1, 0.15) is 51.7 Å². The fourth-order valence-corrected chi connectivity index (χ4v) is 3.75. The summed E-state index contributed by atoms with van der Waals surface area (Å²) in [6.07, 6.45) is 1.52. The van der Waals surface area contributed by atoms with Crippen molar-refractivity contribution in [2.24, 2.45) is 0 Å². The van der Waals surface area contributed by atoms with Gasteiger partial charge in [0, 0.05) is 24.7 Å². The summed E-state index contributed by atoms with van der Waals surface area (Å²) in [7, 11) is 0. The van der Waals surface area contributed by atoms with E-state index in [0.717, 1.165) is 25.0 Å². The van der Waals surface area contributed by atoms with Crippen molar-refractivity contribution in [3.05, 3.63) is 64.7 Å². The second-order valence-corrected chi connectivity index (χ2v) is 9.45. The van der Waals surface area contributed by atoms with Crippen LogP contribution in [0.4, 0.5) is 0 Å². The Morgan fingerprint density at radius 3 is 2.40 bits per heavy atom. The fourth-order valence-electron chi connectivity index (χ4n) is 3.62. The largest absolute Gasteiger partial charge is 0.481 e. The third-order valence-electron chi connectivity index (χ3n) is 5.43. The van der Waals surface area contributed by atoms with E-state index in [1.54, 1.807) is 0 Å². The van der Waals surface area contributed by atoms with Crippen molar-refractivity contribution in [2.75, 3.05) is 13.2 Å². The smallest absolute Gasteiger partial charge is 0.263 e. The molecule has 5 heteroatoms. The molecule has 0 saturated carbocycles. The van der Waals surface area contributed by atoms with E-state index in [9.17, 15) is 4.79 Å². The van der Waals surface area contributed by atoms with Crippen LogP contribution in [-0.4, -0.2) is 36.2 Å². The van der Waals surface area contributed by atoms with Crippen LogP contribution in [0.25, 0.3) is 0 Å². The van der Waals surface area contributed by atoms with E-state index in [1.165, 1.54) is 5.56 Å². The predicted molar refractivity (Wildman–Crippen MR) is 121 cm³/mol. The van der Waals surface area contributed by atoms with Gasteiger partial charge in [0.05, 0.1) is 6.10 Å². The molecule has 1 aliphatic heterocycles. The number of ether oxygens (including phenoxy) is 2. The lowest BCUT2D eigenvalue weighted by atomic mass is 9.87. The Morgan fingerprint density at radius 2 is 1.83 bits per heavy atom. The Kier molecular flexibility index (Phi) is 7.43. The Morgan fingerprint density at radius 1 is 1.17 bits per heavy atom. The average molecular weight is 430 g/mol. The van der Waals surface area contributed by atoms with Crippen LogP contribution in [0.2, 0.25) is 5.02 Å². The summed E-state index contributed by atoms with van der Waals surface area (Å²) in [5, 5.41) is 0.686. The molecule has 4 nitrogen and oxygen atoms in total. The highest BCUT2D eigenvalue weighted by Gasteiger charge is 2.27. The van der Waals surface area contributed by atoms with Crippen molar-refractivity contribution >= 4 is 17.5 Å². The molecule has 1 heterocycles. The molecular weight excluding hydrogens is 398 g/mol. The van der Waals surface area contributed by atoms with Gasteiger partial charge in [-0.3, -0.25) is 4.79 Å².